The lowest BCUT2D eigenvalue weighted by Gasteiger charge is -2.45. The van der Waals surface area contributed by atoms with Gasteiger partial charge in [-0.1, -0.05) is 13.3 Å². The molecule has 1 heterocycles. The van der Waals surface area contributed by atoms with Crippen molar-refractivity contribution < 1.29 is 9.59 Å². The van der Waals surface area contributed by atoms with Crippen LogP contribution in [-0.2, 0) is 9.59 Å². The third-order valence-electron chi connectivity index (χ3n) is 5.78. The Morgan fingerprint density at radius 2 is 2.11 bits per heavy atom. The Bertz CT molecular complexity index is 409. The van der Waals surface area contributed by atoms with E-state index in [0.29, 0.717) is 12.3 Å². The van der Waals surface area contributed by atoms with Crippen molar-refractivity contribution >= 4 is 11.8 Å². The number of hydrogen-bond donors (Lipinski definition) is 1. The normalized spacial score (nSPS) is 41.8. The molecular formula is C15H24N2O2. The van der Waals surface area contributed by atoms with Crippen LogP contribution in [-0.4, -0.2) is 35.3 Å². The monoisotopic (exact) mass is 264 g/mol. The number of piperazine rings is 1. The molecule has 4 unspecified atom stereocenters. The molecule has 106 valence electrons. The summed E-state index contributed by atoms with van der Waals surface area (Å²) < 4.78 is 0. The predicted octanol–water partition coefficient (Wildman–Crippen LogP) is 1.55. The standard InChI is InChI=1S/C15H24N2O2/c1-3-15(2)14(19)16-8-13(18)17(15)9-12-7-10-4-5-11(12)6-10/h10-12H,3-9H2,1-2H3,(H,16,19). The first-order chi connectivity index (χ1) is 9.04. The molecule has 3 rings (SSSR count). The fraction of sp³-hybridized carbons (Fsp3) is 0.867. The first-order valence-electron chi connectivity index (χ1n) is 7.63. The van der Waals surface area contributed by atoms with Gasteiger partial charge in [0.05, 0.1) is 6.54 Å². The van der Waals surface area contributed by atoms with Crippen LogP contribution in [0.5, 0.6) is 0 Å². The Kier molecular flexibility index (Phi) is 3.06. The van der Waals surface area contributed by atoms with Gasteiger partial charge < -0.3 is 10.2 Å². The van der Waals surface area contributed by atoms with Crippen molar-refractivity contribution in [3.05, 3.63) is 0 Å². The van der Waals surface area contributed by atoms with Crippen molar-refractivity contribution in [1.82, 2.24) is 10.2 Å². The first kappa shape index (κ1) is 12.9. The second-order valence-corrected chi connectivity index (χ2v) is 6.75. The highest BCUT2D eigenvalue weighted by molar-refractivity contribution is 5.97. The molecule has 0 spiro atoms. The molecule has 1 saturated heterocycles. The lowest BCUT2D eigenvalue weighted by atomic mass is 9.85. The van der Waals surface area contributed by atoms with Crippen LogP contribution in [0.15, 0.2) is 0 Å². The number of nitrogens with one attached hydrogen (secondary N) is 1. The maximum atomic E-state index is 12.2. The Morgan fingerprint density at radius 3 is 2.68 bits per heavy atom. The van der Waals surface area contributed by atoms with E-state index in [1.54, 1.807) is 0 Å². The van der Waals surface area contributed by atoms with E-state index in [0.717, 1.165) is 18.4 Å². The molecule has 4 atom stereocenters. The molecule has 19 heavy (non-hydrogen) atoms. The minimum Gasteiger partial charge on any atom is -0.345 e. The maximum Gasteiger partial charge on any atom is 0.246 e. The summed E-state index contributed by atoms with van der Waals surface area (Å²) in [5.41, 5.74) is -0.642. The summed E-state index contributed by atoms with van der Waals surface area (Å²) in [4.78, 5) is 26.2. The van der Waals surface area contributed by atoms with Gasteiger partial charge in [-0.25, -0.2) is 0 Å². The fourth-order valence-corrected chi connectivity index (χ4v) is 4.33. The number of carbonyl (C=O) groups excluding carboxylic acids is 2. The number of fused-ring (bicyclic) bond motifs is 2. The van der Waals surface area contributed by atoms with Crippen molar-refractivity contribution in [2.24, 2.45) is 17.8 Å². The van der Waals surface area contributed by atoms with Crippen LogP contribution in [0, 0.1) is 17.8 Å². The van der Waals surface area contributed by atoms with Crippen LogP contribution >= 0.6 is 0 Å². The Balaban J connectivity index is 1.76. The molecule has 4 heteroatoms. The van der Waals surface area contributed by atoms with Crippen molar-refractivity contribution in [2.45, 2.75) is 51.5 Å². The Morgan fingerprint density at radius 1 is 1.32 bits per heavy atom. The smallest absolute Gasteiger partial charge is 0.246 e. The van der Waals surface area contributed by atoms with Crippen molar-refractivity contribution in [3.8, 4) is 0 Å². The topological polar surface area (TPSA) is 49.4 Å². The van der Waals surface area contributed by atoms with Gasteiger partial charge in [0.15, 0.2) is 0 Å². The molecule has 1 N–H and O–H groups in total. The lowest BCUT2D eigenvalue weighted by Crippen LogP contribution is -2.66. The van der Waals surface area contributed by atoms with E-state index in [4.69, 9.17) is 0 Å². The van der Waals surface area contributed by atoms with Gasteiger partial charge in [0, 0.05) is 6.54 Å². The SMILES string of the molecule is CCC1(C)C(=O)NCC(=O)N1CC1CC2CCC1C2. The zero-order valence-corrected chi connectivity index (χ0v) is 11.9. The van der Waals surface area contributed by atoms with Gasteiger partial charge in [0.1, 0.15) is 5.54 Å². The number of rotatable bonds is 3. The molecule has 1 aliphatic heterocycles. The summed E-state index contributed by atoms with van der Waals surface area (Å²) >= 11 is 0. The van der Waals surface area contributed by atoms with Crippen LogP contribution in [0.3, 0.4) is 0 Å². The average Bonchev–Trinajstić information content (AvgIpc) is 3.01. The van der Waals surface area contributed by atoms with Crippen LogP contribution < -0.4 is 5.32 Å². The second-order valence-electron chi connectivity index (χ2n) is 6.75. The number of hydrogen-bond acceptors (Lipinski definition) is 2. The molecular weight excluding hydrogens is 240 g/mol. The van der Waals surface area contributed by atoms with Crippen molar-refractivity contribution in [1.29, 1.82) is 0 Å². The summed E-state index contributed by atoms with van der Waals surface area (Å²) in [7, 11) is 0. The number of carbonyl (C=O) groups is 2. The molecule has 0 radical (unpaired) electrons. The zero-order chi connectivity index (χ0) is 13.6. The molecule has 0 aromatic heterocycles. The van der Waals surface area contributed by atoms with Crippen LogP contribution in [0.25, 0.3) is 0 Å². The van der Waals surface area contributed by atoms with Gasteiger partial charge in [-0.2, -0.15) is 0 Å². The van der Waals surface area contributed by atoms with E-state index in [1.807, 2.05) is 18.7 Å². The van der Waals surface area contributed by atoms with Crippen LogP contribution in [0.4, 0.5) is 0 Å². The van der Waals surface area contributed by atoms with E-state index in [1.165, 1.54) is 25.7 Å². The van der Waals surface area contributed by atoms with Gasteiger partial charge in [-0.15, -0.1) is 0 Å². The third-order valence-corrected chi connectivity index (χ3v) is 5.78. The van der Waals surface area contributed by atoms with Gasteiger partial charge in [0.25, 0.3) is 0 Å². The molecule has 2 bridgehead atoms. The van der Waals surface area contributed by atoms with E-state index < -0.39 is 5.54 Å². The lowest BCUT2D eigenvalue weighted by molar-refractivity contribution is -0.154. The highest BCUT2D eigenvalue weighted by Gasteiger charge is 2.47. The highest BCUT2D eigenvalue weighted by atomic mass is 16.2. The van der Waals surface area contributed by atoms with Crippen molar-refractivity contribution in [2.75, 3.05) is 13.1 Å². The molecule has 0 aromatic carbocycles. The molecule has 0 aromatic rings. The quantitative estimate of drug-likeness (QED) is 0.841. The van der Waals surface area contributed by atoms with Crippen LogP contribution in [0.2, 0.25) is 0 Å². The summed E-state index contributed by atoms with van der Waals surface area (Å²) in [6.45, 7) is 4.87. The number of nitrogens with zero attached hydrogens (tertiary/aromatic N) is 1. The molecule has 2 amide bonds. The zero-order valence-electron chi connectivity index (χ0n) is 11.9. The van der Waals surface area contributed by atoms with Gasteiger partial charge in [-0.05, 0) is 50.4 Å². The van der Waals surface area contributed by atoms with E-state index in [9.17, 15) is 9.59 Å². The predicted molar refractivity (Wildman–Crippen MR) is 72.4 cm³/mol. The second kappa shape index (κ2) is 4.50. The summed E-state index contributed by atoms with van der Waals surface area (Å²) in [5.74, 6) is 2.41. The van der Waals surface area contributed by atoms with Crippen LogP contribution in [0.1, 0.15) is 46.0 Å². The van der Waals surface area contributed by atoms with Gasteiger partial charge >= 0.3 is 0 Å². The molecule has 2 saturated carbocycles. The average molecular weight is 264 g/mol. The first-order valence-corrected chi connectivity index (χ1v) is 7.63. The Hall–Kier alpha value is -1.06. The molecule has 3 aliphatic rings. The van der Waals surface area contributed by atoms with Gasteiger partial charge in [0.2, 0.25) is 11.8 Å². The van der Waals surface area contributed by atoms with Crippen molar-refractivity contribution in [3.63, 3.8) is 0 Å². The minimum atomic E-state index is -0.642. The molecule has 2 aliphatic carbocycles. The molecule has 4 nitrogen and oxygen atoms in total. The molecule has 3 fully saturated rings. The highest BCUT2D eigenvalue weighted by Crippen LogP contribution is 2.49. The minimum absolute atomic E-state index is 0.0118. The Labute approximate surface area is 114 Å². The van der Waals surface area contributed by atoms with E-state index in [2.05, 4.69) is 5.32 Å². The summed E-state index contributed by atoms with van der Waals surface area (Å²) in [6.07, 6.45) is 6.00. The largest absolute Gasteiger partial charge is 0.345 e. The van der Waals surface area contributed by atoms with E-state index >= 15 is 0 Å². The summed E-state index contributed by atoms with van der Waals surface area (Å²) in [6, 6.07) is 0. The maximum absolute atomic E-state index is 12.2. The van der Waals surface area contributed by atoms with E-state index in [-0.39, 0.29) is 18.4 Å². The van der Waals surface area contributed by atoms with Gasteiger partial charge in [-0.3, -0.25) is 9.59 Å². The third kappa shape index (κ3) is 1.96. The number of amides is 2. The fourth-order valence-electron chi connectivity index (χ4n) is 4.33. The summed E-state index contributed by atoms with van der Waals surface area (Å²) in [5, 5.41) is 2.73.